The van der Waals surface area contributed by atoms with Crippen LogP contribution in [0.2, 0.25) is 0 Å². The number of imidazole rings is 1. The predicted octanol–water partition coefficient (Wildman–Crippen LogP) is 2.90. The van der Waals surface area contributed by atoms with Crippen molar-refractivity contribution < 1.29 is 0 Å². The van der Waals surface area contributed by atoms with Crippen molar-refractivity contribution in [3.8, 4) is 0 Å². The van der Waals surface area contributed by atoms with Gasteiger partial charge in [0.1, 0.15) is 5.82 Å². The highest BCUT2D eigenvalue weighted by Gasteiger charge is 2.32. The lowest BCUT2D eigenvalue weighted by atomic mass is 9.71. The summed E-state index contributed by atoms with van der Waals surface area (Å²) in [5, 5.41) is 3.46. The van der Waals surface area contributed by atoms with Crippen molar-refractivity contribution in [1.29, 1.82) is 0 Å². The fourth-order valence-electron chi connectivity index (χ4n) is 3.01. The monoisotopic (exact) mass is 235 g/mol. The Kier molecular flexibility index (Phi) is 3.57. The highest BCUT2D eigenvalue weighted by atomic mass is 15.1. The minimum Gasteiger partial charge on any atom is -0.337 e. The molecule has 0 saturated heterocycles. The van der Waals surface area contributed by atoms with Crippen LogP contribution < -0.4 is 5.32 Å². The molecule has 17 heavy (non-hydrogen) atoms. The second-order valence-electron chi connectivity index (χ2n) is 6.16. The van der Waals surface area contributed by atoms with Gasteiger partial charge >= 0.3 is 0 Å². The van der Waals surface area contributed by atoms with Crippen molar-refractivity contribution in [3.63, 3.8) is 0 Å². The van der Waals surface area contributed by atoms with Gasteiger partial charge in [-0.3, -0.25) is 0 Å². The van der Waals surface area contributed by atoms with E-state index in [-0.39, 0.29) is 0 Å². The third-order valence-corrected chi connectivity index (χ3v) is 4.30. The number of nitrogens with zero attached hydrogens (tertiary/aromatic N) is 2. The van der Waals surface area contributed by atoms with Gasteiger partial charge in [0.15, 0.2) is 0 Å². The fourth-order valence-corrected chi connectivity index (χ4v) is 3.01. The number of nitrogens with one attached hydrogen (secondary N) is 1. The summed E-state index contributed by atoms with van der Waals surface area (Å²) < 4.78 is 2.14. The molecular formula is C14H25N3. The Morgan fingerprint density at radius 3 is 2.53 bits per heavy atom. The zero-order valence-electron chi connectivity index (χ0n) is 11.5. The van der Waals surface area contributed by atoms with Gasteiger partial charge in [-0.15, -0.1) is 0 Å². The van der Waals surface area contributed by atoms with Crippen LogP contribution in [-0.2, 0) is 7.05 Å². The van der Waals surface area contributed by atoms with Crippen molar-refractivity contribution in [2.24, 2.45) is 18.4 Å². The molecule has 0 spiro atoms. The summed E-state index contributed by atoms with van der Waals surface area (Å²) in [6, 6.07) is 0.408. The Labute approximate surface area is 105 Å². The van der Waals surface area contributed by atoms with E-state index in [0.717, 1.165) is 5.92 Å². The van der Waals surface area contributed by atoms with Crippen LogP contribution >= 0.6 is 0 Å². The third-order valence-electron chi connectivity index (χ3n) is 4.30. The predicted molar refractivity (Wildman–Crippen MR) is 70.7 cm³/mol. The van der Waals surface area contributed by atoms with Crippen LogP contribution in [0.25, 0.3) is 0 Å². The highest BCUT2D eigenvalue weighted by molar-refractivity contribution is 5.02. The third kappa shape index (κ3) is 2.71. The minimum atomic E-state index is 0.408. The first-order chi connectivity index (χ1) is 8.03. The molecule has 1 heterocycles. The standard InChI is InChI=1S/C14H25N3/c1-14(2)7-5-11(6-8-14)12(15-3)13-16-9-10-17(13)4/h9-12,15H,5-8H2,1-4H3. The van der Waals surface area contributed by atoms with Gasteiger partial charge in [0, 0.05) is 19.4 Å². The Morgan fingerprint density at radius 2 is 2.06 bits per heavy atom. The molecule has 0 aliphatic heterocycles. The molecule has 1 atom stereocenters. The molecule has 1 aliphatic carbocycles. The van der Waals surface area contributed by atoms with Gasteiger partial charge in [-0.1, -0.05) is 13.8 Å². The van der Waals surface area contributed by atoms with Gasteiger partial charge in [0.05, 0.1) is 6.04 Å². The lowest BCUT2D eigenvalue weighted by Crippen LogP contribution is -2.32. The number of hydrogen-bond donors (Lipinski definition) is 1. The van der Waals surface area contributed by atoms with Crippen LogP contribution in [0.5, 0.6) is 0 Å². The molecule has 1 fully saturated rings. The lowest BCUT2D eigenvalue weighted by Gasteiger charge is -2.37. The Bertz CT molecular complexity index is 357. The maximum absolute atomic E-state index is 4.50. The van der Waals surface area contributed by atoms with E-state index in [1.165, 1.54) is 31.5 Å². The van der Waals surface area contributed by atoms with Crippen LogP contribution in [0.15, 0.2) is 12.4 Å². The molecule has 1 aliphatic rings. The molecule has 3 nitrogen and oxygen atoms in total. The Balaban J connectivity index is 2.08. The first-order valence-electron chi connectivity index (χ1n) is 6.68. The van der Waals surface area contributed by atoms with Crippen molar-refractivity contribution in [2.45, 2.75) is 45.6 Å². The summed E-state index contributed by atoms with van der Waals surface area (Å²) in [6.07, 6.45) is 9.22. The van der Waals surface area contributed by atoms with Crippen LogP contribution in [0.3, 0.4) is 0 Å². The molecule has 1 unspecified atom stereocenters. The zero-order valence-corrected chi connectivity index (χ0v) is 11.5. The molecule has 2 rings (SSSR count). The molecule has 1 N–H and O–H groups in total. The van der Waals surface area contributed by atoms with E-state index in [4.69, 9.17) is 0 Å². The van der Waals surface area contributed by atoms with Crippen molar-refractivity contribution in [3.05, 3.63) is 18.2 Å². The quantitative estimate of drug-likeness (QED) is 0.873. The molecule has 1 aromatic heterocycles. The van der Waals surface area contributed by atoms with E-state index in [9.17, 15) is 0 Å². The van der Waals surface area contributed by atoms with Crippen LogP contribution in [0.4, 0.5) is 0 Å². The van der Waals surface area contributed by atoms with Gasteiger partial charge < -0.3 is 9.88 Å². The summed E-state index contributed by atoms with van der Waals surface area (Å²) in [4.78, 5) is 4.50. The Morgan fingerprint density at radius 1 is 1.41 bits per heavy atom. The smallest absolute Gasteiger partial charge is 0.125 e. The summed E-state index contributed by atoms with van der Waals surface area (Å²) in [5.74, 6) is 1.91. The summed E-state index contributed by atoms with van der Waals surface area (Å²) in [6.45, 7) is 4.77. The first kappa shape index (κ1) is 12.6. The average Bonchev–Trinajstić information content (AvgIpc) is 2.69. The maximum atomic E-state index is 4.50. The Hall–Kier alpha value is -0.830. The van der Waals surface area contributed by atoms with Gasteiger partial charge in [-0.2, -0.15) is 0 Å². The van der Waals surface area contributed by atoms with Crippen molar-refractivity contribution >= 4 is 0 Å². The summed E-state index contributed by atoms with van der Waals surface area (Å²) >= 11 is 0. The fraction of sp³-hybridized carbons (Fsp3) is 0.786. The summed E-state index contributed by atoms with van der Waals surface area (Å²) in [7, 11) is 4.14. The topological polar surface area (TPSA) is 29.9 Å². The molecule has 0 aromatic carbocycles. The molecule has 96 valence electrons. The summed E-state index contributed by atoms with van der Waals surface area (Å²) in [5.41, 5.74) is 0.538. The molecule has 0 amide bonds. The second kappa shape index (κ2) is 4.81. The lowest BCUT2D eigenvalue weighted by molar-refractivity contribution is 0.160. The number of hydrogen-bond acceptors (Lipinski definition) is 2. The largest absolute Gasteiger partial charge is 0.337 e. The highest BCUT2D eigenvalue weighted by Crippen LogP contribution is 2.42. The van der Waals surface area contributed by atoms with Crippen LogP contribution in [0.1, 0.15) is 51.4 Å². The van der Waals surface area contributed by atoms with E-state index in [0.29, 0.717) is 11.5 Å². The van der Waals surface area contributed by atoms with E-state index >= 15 is 0 Å². The molecule has 0 bridgehead atoms. The molecule has 3 heteroatoms. The van der Waals surface area contributed by atoms with Crippen molar-refractivity contribution in [2.75, 3.05) is 7.05 Å². The number of aromatic nitrogens is 2. The van der Waals surface area contributed by atoms with E-state index in [1.807, 2.05) is 12.4 Å². The average molecular weight is 235 g/mol. The van der Waals surface area contributed by atoms with Gasteiger partial charge in [0.2, 0.25) is 0 Å². The zero-order chi connectivity index (χ0) is 12.5. The molecule has 1 saturated carbocycles. The van der Waals surface area contributed by atoms with E-state index in [2.05, 4.69) is 42.8 Å². The molecular weight excluding hydrogens is 210 g/mol. The van der Waals surface area contributed by atoms with E-state index < -0.39 is 0 Å². The van der Waals surface area contributed by atoms with Crippen LogP contribution in [-0.4, -0.2) is 16.6 Å². The van der Waals surface area contributed by atoms with Gasteiger partial charge in [0.25, 0.3) is 0 Å². The maximum Gasteiger partial charge on any atom is 0.125 e. The first-order valence-corrected chi connectivity index (χ1v) is 6.68. The number of aryl methyl sites for hydroxylation is 1. The van der Waals surface area contributed by atoms with Gasteiger partial charge in [-0.05, 0) is 44.1 Å². The van der Waals surface area contributed by atoms with E-state index in [1.54, 1.807) is 0 Å². The second-order valence-corrected chi connectivity index (χ2v) is 6.16. The number of rotatable bonds is 3. The normalized spacial score (nSPS) is 22.6. The van der Waals surface area contributed by atoms with Crippen molar-refractivity contribution in [1.82, 2.24) is 14.9 Å². The minimum absolute atomic E-state index is 0.408. The molecule has 1 aromatic rings. The van der Waals surface area contributed by atoms with Gasteiger partial charge in [-0.25, -0.2) is 4.98 Å². The van der Waals surface area contributed by atoms with Crippen LogP contribution in [0, 0.1) is 11.3 Å². The molecule has 0 radical (unpaired) electrons. The SMILES string of the molecule is CNC(c1nccn1C)C1CCC(C)(C)CC1.